The Morgan fingerprint density at radius 3 is 2.33 bits per heavy atom. The molecule has 0 aliphatic heterocycles. The average Bonchev–Trinajstić information content (AvgIpc) is 2.64. The second-order valence-electron chi connectivity index (χ2n) is 5.76. The van der Waals surface area contributed by atoms with Gasteiger partial charge in [-0.2, -0.15) is 5.10 Å². The molecule has 2 rings (SSSR count). The van der Waals surface area contributed by atoms with Gasteiger partial charge in [0.25, 0.3) is 0 Å². The minimum atomic E-state index is -0.234. The smallest absolute Gasteiger partial charge is 0.125 e. The minimum absolute atomic E-state index is 0.00274. The van der Waals surface area contributed by atoms with Crippen LogP contribution in [-0.2, 0) is 5.41 Å². The lowest BCUT2D eigenvalue weighted by molar-refractivity contribution is 0.559. The lowest BCUT2D eigenvalue weighted by atomic mass is 9.92. The van der Waals surface area contributed by atoms with Crippen molar-refractivity contribution in [2.45, 2.75) is 40.0 Å². The highest BCUT2D eigenvalue weighted by atomic mass is 19.1. The quantitative estimate of drug-likeness (QED) is 0.745. The molecule has 0 amide bonds. The average molecular weight is 246 g/mol. The SMILES string of the molecule is Cc1ccc(F)cc1-n1nc(C(C)(C)C)cc1C. The minimum Gasteiger partial charge on any atom is -0.237 e. The standard InChI is InChI=1S/C15H19FN2/c1-10-6-7-12(16)9-13(10)18-11(2)8-14(17-18)15(3,4)5/h6-9H,1-5H3. The second kappa shape index (κ2) is 4.23. The first-order valence-corrected chi connectivity index (χ1v) is 6.13. The van der Waals surface area contributed by atoms with Crippen LogP contribution in [0.15, 0.2) is 24.3 Å². The highest BCUT2D eigenvalue weighted by molar-refractivity contribution is 5.41. The first-order valence-electron chi connectivity index (χ1n) is 6.13. The molecule has 0 aliphatic rings. The van der Waals surface area contributed by atoms with Crippen molar-refractivity contribution in [1.82, 2.24) is 9.78 Å². The van der Waals surface area contributed by atoms with Crippen molar-refractivity contribution < 1.29 is 4.39 Å². The number of rotatable bonds is 1. The third-order valence-electron chi connectivity index (χ3n) is 3.06. The van der Waals surface area contributed by atoms with Crippen LogP contribution in [0.2, 0.25) is 0 Å². The van der Waals surface area contributed by atoms with E-state index in [4.69, 9.17) is 0 Å². The zero-order valence-electron chi connectivity index (χ0n) is 11.6. The Labute approximate surface area is 107 Å². The molecule has 3 heteroatoms. The molecule has 0 spiro atoms. The van der Waals surface area contributed by atoms with Crippen LogP contribution in [0.3, 0.4) is 0 Å². The van der Waals surface area contributed by atoms with Gasteiger partial charge in [0.15, 0.2) is 0 Å². The zero-order chi connectivity index (χ0) is 13.5. The van der Waals surface area contributed by atoms with Gasteiger partial charge in [-0.05, 0) is 37.6 Å². The van der Waals surface area contributed by atoms with E-state index in [1.165, 1.54) is 12.1 Å². The van der Waals surface area contributed by atoms with Gasteiger partial charge in [-0.25, -0.2) is 9.07 Å². The molecule has 0 saturated heterocycles. The van der Waals surface area contributed by atoms with Gasteiger partial charge in [-0.3, -0.25) is 0 Å². The van der Waals surface area contributed by atoms with E-state index in [1.807, 2.05) is 18.5 Å². The number of hydrogen-bond donors (Lipinski definition) is 0. The molecule has 2 nitrogen and oxygen atoms in total. The molecule has 0 N–H and O–H groups in total. The van der Waals surface area contributed by atoms with E-state index in [-0.39, 0.29) is 11.2 Å². The zero-order valence-corrected chi connectivity index (χ0v) is 11.6. The van der Waals surface area contributed by atoms with Crippen molar-refractivity contribution in [1.29, 1.82) is 0 Å². The first-order chi connectivity index (χ1) is 8.29. The molecular formula is C15H19FN2. The number of halogens is 1. The Hall–Kier alpha value is -1.64. The summed E-state index contributed by atoms with van der Waals surface area (Å²) in [6.45, 7) is 10.3. The molecular weight excluding hydrogens is 227 g/mol. The number of hydrogen-bond acceptors (Lipinski definition) is 1. The van der Waals surface area contributed by atoms with Gasteiger partial charge >= 0.3 is 0 Å². The maximum atomic E-state index is 13.4. The number of aryl methyl sites for hydroxylation is 2. The maximum absolute atomic E-state index is 13.4. The van der Waals surface area contributed by atoms with Crippen LogP contribution in [0.5, 0.6) is 0 Å². The summed E-state index contributed by atoms with van der Waals surface area (Å²) in [4.78, 5) is 0. The highest BCUT2D eigenvalue weighted by Gasteiger charge is 2.19. The Morgan fingerprint density at radius 2 is 1.78 bits per heavy atom. The normalized spacial score (nSPS) is 11.9. The van der Waals surface area contributed by atoms with Crippen LogP contribution in [0.1, 0.15) is 37.7 Å². The van der Waals surface area contributed by atoms with Crippen molar-refractivity contribution in [3.63, 3.8) is 0 Å². The third kappa shape index (κ3) is 2.30. The van der Waals surface area contributed by atoms with Crippen molar-refractivity contribution in [3.8, 4) is 5.69 Å². The number of nitrogens with zero attached hydrogens (tertiary/aromatic N) is 2. The monoisotopic (exact) mass is 246 g/mol. The Kier molecular flexibility index (Phi) is 3.01. The predicted molar refractivity (Wildman–Crippen MR) is 71.7 cm³/mol. The molecule has 0 atom stereocenters. The molecule has 0 fully saturated rings. The van der Waals surface area contributed by atoms with Gasteiger partial charge in [0, 0.05) is 11.1 Å². The summed E-state index contributed by atoms with van der Waals surface area (Å²) >= 11 is 0. The fourth-order valence-electron chi connectivity index (χ4n) is 1.90. The largest absolute Gasteiger partial charge is 0.237 e. The van der Waals surface area contributed by atoms with Gasteiger partial charge in [0.05, 0.1) is 11.4 Å². The molecule has 1 aromatic heterocycles. The number of aromatic nitrogens is 2. The summed E-state index contributed by atoms with van der Waals surface area (Å²) in [5.41, 5.74) is 3.86. The topological polar surface area (TPSA) is 17.8 Å². The lowest BCUT2D eigenvalue weighted by Gasteiger charge is -2.14. The van der Waals surface area contributed by atoms with E-state index in [0.717, 1.165) is 22.6 Å². The predicted octanol–water partition coefficient (Wildman–Crippen LogP) is 3.93. The molecule has 1 heterocycles. The van der Waals surface area contributed by atoms with Crippen molar-refractivity contribution >= 4 is 0 Å². The molecule has 96 valence electrons. The summed E-state index contributed by atoms with van der Waals surface area (Å²) < 4.78 is 15.2. The Morgan fingerprint density at radius 1 is 1.11 bits per heavy atom. The fraction of sp³-hybridized carbons (Fsp3) is 0.400. The molecule has 0 radical (unpaired) electrons. The van der Waals surface area contributed by atoms with Gasteiger partial charge < -0.3 is 0 Å². The van der Waals surface area contributed by atoms with E-state index in [0.29, 0.717) is 0 Å². The van der Waals surface area contributed by atoms with Crippen LogP contribution >= 0.6 is 0 Å². The summed E-state index contributed by atoms with van der Waals surface area (Å²) in [6, 6.07) is 6.84. The second-order valence-corrected chi connectivity index (χ2v) is 5.76. The Bertz CT molecular complexity index is 577. The molecule has 1 aromatic carbocycles. The first kappa shape index (κ1) is 12.8. The molecule has 0 aliphatic carbocycles. The molecule has 2 aromatic rings. The highest BCUT2D eigenvalue weighted by Crippen LogP contribution is 2.24. The van der Waals surface area contributed by atoms with E-state index < -0.39 is 0 Å². The van der Waals surface area contributed by atoms with Gasteiger partial charge in [-0.1, -0.05) is 26.8 Å². The van der Waals surface area contributed by atoms with E-state index in [2.05, 4.69) is 31.9 Å². The van der Waals surface area contributed by atoms with Gasteiger partial charge in [-0.15, -0.1) is 0 Å². The van der Waals surface area contributed by atoms with Crippen molar-refractivity contribution in [2.75, 3.05) is 0 Å². The van der Waals surface area contributed by atoms with E-state index in [9.17, 15) is 4.39 Å². The third-order valence-corrected chi connectivity index (χ3v) is 3.06. The fourth-order valence-corrected chi connectivity index (χ4v) is 1.90. The van der Waals surface area contributed by atoms with Crippen LogP contribution in [0.25, 0.3) is 5.69 Å². The van der Waals surface area contributed by atoms with Crippen LogP contribution in [0, 0.1) is 19.7 Å². The molecule has 0 saturated carbocycles. The van der Waals surface area contributed by atoms with Gasteiger partial charge in [0.2, 0.25) is 0 Å². The molecule has 0 bridgehead atoms. The van der Waals surface area contributed by atoms with Crippen molar-refractivity contribution in [3.05, 3.63) is 47.0 Å². The van der Waals surface area contributed by atoms with Crippen molar-refractivity contribution in [2.24, 2.45) is 0 Å². The van der Waals surface area contributed by atoms with E-state index >= 15 is 0 Å². The molecule has 18 heavy (non-hydrogen) atoms. The maximum Gasteiger partial charge on any atom is 0.125 e. The summed E-state index contributed by atoms with van der Waals surface area (Å²) in [7, 11) is 0. The van der Waals surface area contributed by atoms with Crippen LogP contribution < -0.4 is 0 Å². The Balaban J connectivity index is 2.58. The lowest BCUT2D eigenvalue weighted by Crippen LogP contribution is -2.12. The van der Waals surface area contributed by atoms with Crippen LogP contribution in [0.4, 0.5) is 4.39 Å². The number of benzene rings is 1. The summed E-state index contributed by atoms with van der Waals surface area (Å²) in [5.74, 6) is -0.234. The summed E-state index contributed by atoms with van der Waals surface area (Å²) in [5, 5.41) is 4.60. The molecule has 0 unspecified atom stereocenters. The summed E-state index contributed by atoms with van der Waals surface area (Å²) in [6.07, 6.45) is 0. The van der Waals surface area contributed by atoms with E-state index in [1.54, 1.807) is 6.07 Å². The van der Waals surface area contributed by atoms with Crippen LogP contribution in [-0.4, -0.2) is 9.78 Å². The van der Waals surface area contributed by atoms with Gasteiger partial charge in [0.1, 0.15) is 5.82 Å².